The monoisotopic (exact) mass is 650 g/mol. The molecule has 0 unspecified atom stereocenters. The van der Waals surface area contributed by atoms with Crippen LogP contribution in [0.25, 0.3) is 99.2 Å². The van der Waals surface area contributed by atoms with Crippen molar-refractivity contribution in [1.29, 1.82) is 0 Å². The molecule has 0 saturated carbocycles. The van der Waals surface area contributed by atoms with E-state index in [0.29, 0.717) is 0 Å². The third-order valence-corrected chi connectivity index (χ3v) is 10.5. The minimum absolute atomic E-state index is 0.909. The molecule has 0 aliphatic heterocycles. The predicted molar refractivity (Wildman–Crippen MR) is 213 cm³/mol. The maximum Gasteiger partial charge on any atom is 0.136 e. The molecule has 0 saturated heterocycles. The summed E-state index contributed by atoms with van der Waals surface area (Å²) in [4.78, 5) is 0. The van der Waals surface area contributed by atoms with E-state index in [4.69, 9.17) is 4.42 Å². The van der Waals surface area contributed by atoms with E-state index < -0.39 is 0 Å². The fourth-order valence-electron chi connectivity index (χ4n) is 8.17. The minimum atomic E-state index is 0.909. The van der Waals surface area contributed by atoms with Crippen molar-refractivity contribution in [3.63, 3.8) is 0 Å². The van der Waals surface area contributed by atoms with Crippen LogP contribution < -0.4 is 0 Å². The van der Waals surface area contributed by atoms with Crippen molar-refractivity contribution in [2.45, 2.75) is 0 Å². The van der Waals surface area contributed by atoms with Gasteiger partial charge in [-0.1, -0.05) is 103 Å². The molecule has 0 aliphatic carbocycles. The Morgan fingerprint density at radius 1 is 0.275 bits per heavy atom. The standard InChI is InChI=1S/C48H30N2O/c1-2-12-35(13-3-1)49-43-18-7-4-15-37(43)41-28-32(22-25-45(41)49)33-23-26-46-42(29-33)38-16-5-8-19-44(38)50(46)36-14-10-11-31(27-36)34-21-24-40-39-17-6-9-20-47(39)51-48(40)30-34/h1-30H. The van der Waals surface area contributed by atoms with Crippen LogP contribution >= 0.6 is 0 Å². The average Bonchev–Trinajstić information content (AvgIpc) is 3.85. The average molecular weight is 651 g/mol. The van der Waals surface area contributed by atoms with E-state index in [1.807, 2.05) is 12.1 Å². The third-order valence-electron chi connectivity index (χ3n) is 10.5. The molecule has 3 heteroatoms. The summed E-state index contributed by atoms with van der Waals surface area (Å²) in [5.74, 6) is 0. The van der Waals surface area contributed by atoms with Gasteiger partial charge < -0.3 is 13.6 Å². The fraction of sp³-hybridized carbons (Fsp3) is 0. The summed E-state index contributed by atoms with van der Waals surface area (Å²) in [6.45, 7) is 0. The van der Waals surface area contributed by atoms with Crippen LogP contribution in [-0.2, 0) is 0 Å². The van der Waals surface area contributed by atoms with Crippen molar-refractivity contribution < 1.29 is 4.42 Å². The zero-order valence-corrected chi connectivity index (χ0v) is 27.6. The van der Waals surface area contributed by atoms with Crippen LogP contribution in [0, 0.1) is 0 Å². The molecule has 0 bridgehead atoms. The third kappa shape index (κ3) is 4.25. The van der Waals surface area contributed by atoms with Crippen LogP contribution in [-0.4, -0.2) is 9.13 Å². The SMILES string of the molecule is c1ccc(-n2c3ccccc3c3cc(-c4ccc5c(c4)c4ccccc4n5-c4cccc(-c5ccc6c(c5)oc5ccccc56)c4)ccc32)cc1. The summed E-state index contributed by atoms with van der Waals surface area (Å²) in [6, 6.07) is 65.6. The lowest BCUT2D eigenvalue weighted by atomic mass is 10.0. The minimum Gasteiger partial charge on any atom is -0.456 e. The maximum absolute atomic E-state index is 6.24. The highest BCUT2D eigenvalue weighted by atomic mass is 16.3. The predicted octanol–water partition coefficient (Wildman–Crippen LogP) is 13.1. The Kier molecular flexibility index (Phi) is 5.96. The number of fused-ring (bicyclic) bond motifs is 9. The molecule has 0 amide bonds. The Morgan fingerprint density at radius 2 is 0.765 bits per heavy atom. The lowest BCUT2D eigenvalue weighted by Gasteiger charge is -2.11. The van der Waals surface area contributed by atoms with E-state index >= 15 is 0 Å². The Morgan fingerprint density at radius 3 is 1.47 bits per heavy atom. The molecule has 3 nitrogen and oxygen atoms in total. The van der Waals surface area contributed by atoms with Crippen molar-refractivity contribution in [3.8, 4) is 33.6 Å². The van der Waals surface area contributed by atoms with Gasteiger partial charge in [0.25, 0.3) is 0 Å². The van der Waals surface area contributed by atoms with Crippen molar-refractivity contribution >= 4 is 65.6 Å². The van der Waals surface area contributed by atoms with Crippen LogP contribution in [0.1, 0.15) is 0 Å². The highest BCUT2D eigenvalue weighted by Crippen LogP contribution is 2.39. The smallest absolute Gasteiger partial charge is 0.136 e. The van der Waals surface area contributed by atoms with Gasteiger partial charge in [-0.3, -0.25) is 0 Å². The van der Waals surface area contributed by atoms with E-state index in [-0.39, 0.29) is 0 Å². The Balaban J connectivity index is 1.05. The van der Waals surface area contributed by atoms with Gasteiger partial charge in [0.15, 0.2) is 0 Å². The van der Waals surface area contributed by atoms with E-state index in [0.717, 1.165) is 38.8 Å². The van der Waals surface area contributed by atoms with Gasteiger partial charge in [0.05, 0.1) is 22.1 Å². The molecule has 0 atom stereocenters. The van der Waals surface area contributed by atoms with E-state index in [1.54, 1.807) is 0 Å². The first-order valence-corrected chi connectivity index (χ1v) is 17.4. The molecule has 51 heavy (non-hydrogen) atoms. The Hall–Kier alpha value is -6.84. The summed E-state index contributed by atoms with van der Waals surface area (Å²) < 4.78 is 11.0. The first kappa shape index (κ1) is 28.0. The van der Waals surface area contributed by atoms with Crippen LogP contribution in [0.5, 0.6) is 0 Å². The number of furan rings is 1. The zero-order valence-electron chi connectivity index (χ0n) is 27.6. The second kappa shape index (κ2) is 10.8. The van der Waals surface area contributed by atoms with Crippen molar-refractivity contribution in [3.05, 3.63) is 182 Å². The van der Waals surface area contributed by atoms with Gasteiger partial charge in [0.1, 0.15) is 11.2 Å². The Labute approximate surface area is 293 Å². The van der Waals surface area contributed by atoms with Crippen LogP contribution in [0.15, 0.2) is 186 Å². The molecule has 0 fully saturated rings. The second-order valence-corrected chi connectivity index (χ2v) is 13.4. The number of para-hydroxylation sites is 4. The maximum atomic E-state index is 6.24. The van der Waals surface area contributed by atoms with Gasteiger partial charge in [0, 0.05) is 43.7 Å². The number of hydrogen-bond acceptors (Lipinski definition) is 1. The zero-order chi connectivity index (χ0) is 33.5. The summed E-state index contributed by atoms with van der Waals surface area (Å²) in [5.41, 5.74) is 13.6. The highest BCUT2D eigenvalue weighted by Gasteiger charge is 2.17. The number of rotatable bonds is 4. The van der Waals surface area contributed by atoms with Gasteiger partial charge in [-0.05, 0) is 101 Å². The summed E-state index contributed by atoms with van der Waals surface area (Å²) >= 11 is 0. The summed E-state index contributed by atoms with van der Waals surface area (Å²) in [6.07, 6.45) is 0. The lowest BCUT2D eigenvalue weighted by molar-refractivity contribution is 0.669. The van der Waals surface area contributed by atoms with Crippen molar-refractivity contribution in [2.24, 2.45) is 0 Å². The van der Waals surface area contributed by atoms with Crippen LogP contribution in [0.3, 0.4) is 0 Å². The lowest BCUT2D eigenvalue weighted by Crippen LogP contribution is -1.94. The second-order valence-electron chi connectivity index (χ2n) is 13.4. The molecule has 0 spiro atoms. The van der Waals surface area contributed by atoms with Crippen LogP contribution in [0.2, 0.25) is 0 Å². The quantitative estimate of drug-likeness (QED) is 0.186. The first-order chi connectivity index (χ1) is 25.3. The topological polar surface area (TPSA) is 23.0 Å². The van der Waals surface area contributed by atoms with Crippen molar-refractivity contribution in [1.82, 2.24) is 9.13 Å². The van der Waals surface area contributed by atoms with Gasteiger partial charge >= 0.3 is 0 Å². The number of hydrogen-bond donors (Lipinski definition) is 0. The highest BCUT2D eigenvalue weighted by molar-refractivity contribution is 6.13. The van der Waals surface area contributed by atoms with E-state index in [9.17, 15) is 0 Å². The van der Waals surface area contributed by atoms with E-state index in [1.165, 1.54) is 60.4 Å². The molecule has 3 aromatic heterocycles. The Bertz CT molecular complexity index is 3140. The van der Waals surface area contributed by atoms with Gasteiger partial charge in [-0.25, -0.2) is 0 Å². The number of aromatic nitrogens is 2. The first-order valence-electron chi connectivity index (χ1n) is 17.4. The van der Waals surface area contributed by atoms with Gasteiger partial charge in [0.2, 0.25) is 0 Å². The normalized spacial score (nSPS) is 11.9. The van der Waals surface area contributed by atoms with Gasteiger partial charge in [-0.15, -0.1) is 0 Å². The molecule has 3 heterocycles. The number of nitrogens with zero attached hydrogens (tertiary/aromatic N) is 2. The molecule has 238 valence electrons. The van der Waals surface area contributed by atoms with Crippen LogP contribution in [0.4, 0.5) is 0 Å². The molecule has 11 rings (SSSR count). The summed E-state index contributed by atoms with van der Waals surface area (Å²) in [5, 5.41) is 7.29. The summed E-state index contributed by atoms with van der Waals surface area (Å²) in [7, 11) is 0. The van der Waals surface area contributed by atoms with E-state index in [2.05, 4.69) is 179 Å². The van der Waals surface area contributed by atoms with Crippen molar-refractivity contribution in [2.75, 3.05) is 0 Å². The molecular formula is C48H30N2O. The molecule has 0 N–H and O–H groups in total. The van der Waals surface area contributed by atoms with Gasteiger partial charge in [-0.2, -0.15) is 0 Å². The molecule has 0 radical (unpaired) electrons. The number of benzene rings is 8. The molecule has 11 aromatic rings. The largest absolute Gasteiger partial charge is 0.456 e. The molecule has 8 aromatic carbocycles. The molecular weight excluding hydrogens is 621 g/mol. The molecule has 0 aliphatic rings. The fourth-order valence-corrected chi connectivity index (χ4v) is 8.17.